The van der Waals surface area contributed by atoms with Gasteiger partial charge in [-0.15, -0.1) is 0 Å². The molecule has 0 unspecified atom stereocenters. The van der Waals surface area contributed by atoms with Gasteiger partial charge in [0.2, 0.25) is 0 Å². The van der Waals surface area contributed by atoms with E-state index in [2.05, 4.69) is 10.2 Å². The molecule has 0 bridgehead atoms. The molecule has 2 fully saturated rings. The van der Waals surface area contributed by atoms with Gasteiger partial charge in [0.25, 0.3) is 5.92 Å². The van der Waals surface area contributed by atoms with Crippen molar-refractivity contribution >= 4 is 6.09 Å². The molecule has 1 aliphatic carbocycles. The van der Waals surface area contributed by atoms with E-state index in [9.17, 15) is 13.6 Å². The molecule has 1 amide bonds. The molecular weight excluding hydrogens is 316 g/mol. The molecule has 0 aromatic heterocycles. The van der Waals surface area contributed by atoms with Crippen LogP contribution in [0.15, 0.2) is 0 Å². The van der Waals surface area contributed by atoms with E-state index >= 15 is 0 Å². The molecule has 3 N–H and O–H groups in total. The van der Waals surface area contributed by atoms with Crippen molar-refractivity contribution < 1.29 is 18.3 Å². The lowest BCUT2D eigenvalue weighted by atomic mass is 9.84. The second-order valence-electron chi connectivity index (χ2n) is 8.11. The number of rotatable bonds is 3. The summed E-state index contributed by atoms with van der Waals surface area (Å²) in [4.78, 5) is 13.8. The highest BCUT2D eigenvalue weighted by Crippen LogP contribution is 2.35. The van der Waals surface area contributed by atoms with Gasteiger partial charge in [0.05, 0.1) is 6.04 Å². The molecule has 5 nitrogen and oxygen atoms in total. The van der Waals surface area contributed by atoms with E-state index in [1.165, 1.54) is 0 Å². The Labute approximate surface area is 143 Å². The van der Waals surface area contributed by atoms with Crippen molar-refractivity contribution in [2.24, 2.45) is 11.7 Å². The molecule has 2 rings (SSSR count). The molecule has 1 saturated heterocycles. The SMILES string of the molecule is CC(C)(C)OC(=O)NCC1CCN([C@H]2CCCC(F)(F)[C@@H]2N)CC1. The molecule has 0 aromatic rings. The van der Waals surface area contributed by atoms with E-state index in [0.29, 0.717) is 18.9 Å². The maximum atomic E-state index is 13.8. The van der Waals surface area contributed by atoms with Crippen LogP contribution in [0.3, 0.4) is 0 Å². The van der Waals surface area contributed by atoms with Crippen LogP contribution in [-0.2, 0) is 4.74 Å². The third-order valence-corrected chi connectivity index (χ3v) is 4.96. The second kappa shape index (κ2) is 7.52. The number of carbonyl (C=O) groups is 1. The first-order chi connectivity index (χ1) is 11.1. The molecule has 0 radical (unpaired) electrons. The van der Waals surface area contributed by atoms with E-state index in [0.717, 1.165) is 32.4 Å². The van der Waals surface area contributed by atoms with Crippen LogP contribution in [-0.4, -0.2) is 54.2 Å². The number of ether oxygens (including phenoxy) is 1. The highest BCUT2D eigenvalue weighted by atomic mass is 19.3. The minimum absolute atomic E-state index is 0.0963. The summed E-state index contributed by atoms with van der Waals surface area (Å²) < 4.78 is 32.8. The molecule has 2 aliphatic rings. The van der Waals surface area contributed by atoms with Gasteiger partial charge in [0.1, 0.15) is 5.60 Å². The lowest BCUT2D eigenvalue weighted by molar-refractivity contribution is -0.0861. The summed E-state index contributed by atoms with van der Waals surface area (Å²) >= 11 is 0. The number of nitrogens with one attached hydrogen (secondary N) is 1. The number of likely N-dealkylation sites (tertiary alicyclic amines) is 1. The van der Waals surface area contributed by atoms with Crippen molar-refractivity contribution in [3.63, 3.8) is 0 Å². The zero-order valence-corrected chi connectivity index (χ0v) is 15.0. The van der Waals surface area contributed by atoms with Crippen molar-refractivity contribution in [3.8, 4) is 0 Å². The van der Waals surface area contributed by atoms with Crippen LogP contribution >= 0.6 is 0 Å². The summed E-state index contributed by atoms with van der Waals surface area (Å²) in [5.74, 6) is -2.40. The first-order valence-electron chi connectivity index (χ1n) is 8.93. The van der Waals surface area contributed by atoms with Crippen LogP contribution in [0.2, 0.25) is 0 Å². The Hall–Kier alpha value is -0.950. The predicted molar refractivity (Wildman–Crippen MR) is 89.1 cm³/mol. The summed E-state index contributed by atoms with van der Waals surface area (Å²) in [6.07, 6.45) is 2.54. The molecule has 24 heavy (non-hydrogen) atoms. The van der Waals surface area contributed by atoms with Crippen molar-refractivity contribution in [2.75, 3.05) is 19.6 Å². The largest absolute Gasteiger partial charge is 0.444 e. The maximum absolute atomic E-state index is 13.8. The van der Waals surface area contributed by atoms with Crippen LogP contribution in [0.4, 0.5) is 13.6 Å². The molecule has 1 saturated carbocycles. The zero-order valence-electron chi connectivity index (χ0n) is 15.0. The average Bonchev–Trinajstić information content (AvgIpc) is 2.47. The summed E-state index contributed by atoms with van der Waals surface area (Å²) in [5.41, 5.74) is 5.31. The minimum Gasteiger partial charge on any atom is -0.444 e. The van der Waals surface area contributed by atoms with Gasteiger partial charge in [0, 0.05) is 19.0 Å². The fourth-order valence-corrected chi connectivity index (χ4v) is 3.61. The Morgan fingerprint density at radius 3 is 2.50 bits per heavy atom. The number of piperidine rings is 1. The van der Waals surface area contributed by atoms with Crippen molar-refractivity contribution in [2.45, 2.75) is 76.5 Å². The van der Waals surface area contributed by atoms with Gasteiger partial charge < -0.3 is 15.8 Å². The Bertz CT molecular complexity index is 432. The fraction of sp³-hybridized carbons (Fsp3) is 0.941. The van der Waals surface area contributed by atoms with E-state index in [-0.39, 0.29) is 12.5 Å². The van der Waals surface area contributed by atoms with E-state index in [1.54, 1.807) is 0 Å². The molecule has 0 spiro atoms. The molecule has 140 valence electrons. The topological polar surface area (TPSA) is 67.6 Å². The molecule has 1 heterocycles. The number of hydrogen-bond donors (Lipinski definition) is 2. The second-order valence-corrected chi connectivity index (χ2v) is 8.11. The molecule has 1 aliphatic heterocycles. The Morgan fingerprint density at radius 1 is 1.29 bits per heavy atom. The van der Waals surface area contributed by atoms with Crippen LogP contribution in [0, 0.1) is 5.92 Å². The summed E-state index contributed by atoms with van der Waals surface area (Å²) in [6, 6.07) is -1.30. The molecule has 2 atom stereocenters. The van der Waals surface area contributed by atoms with Gasteiger partial charge in [-0.3, -0.25) is 4.90 Å². The highest BCUT2D eigenvalue weighted by molar-refractivity contribution is 5.67. The Morgan fingerprint density at radius 2 is 1.92 bits per heavy atom. The zero-order chi connectivity index (χ0) is 18.0. The number of amides is 1. The summed E-state index contributed by atoms with van der Waals surface area (Å²) in [6.45, 7) is 7.57. The fourth-order valence-electron chi connectivity index (χ4n) is 3.61. The molecule has 7 heteroatoms. The van der Waals surface area contributed by atoms with E-state index in [4.69, 9.17) is 10.5 Å². The van der Waals surface area contributed by atoms with Crippen molar-refractivity contribution in [1.82, 2.24) is 10.2 Å². The number of nitrogens with zero attached hydrogens (tertiary/aromatic N) is 1. The van der Waals surface area contributed by atoms with Gasteiger partial charge in [0.15, 0.2) is 0 Å². The number of hydrogen-bond acceptors (Lipinski definition) is 4. The monoisotopic (exact) mass is 347 g/mol. The van der Waals surface area contributed by atoms with Crippen LogP contribution in [0.25, 0.3) is 0 Å². The van der Waals surface area contributed by atoms with Crippen molar-refractivity contribution in [3.05, 3.63) is 0 Å². The quantitative estimate of drug-likeness (QED) is 0.824. The lowest BCUT2D eigenvalue weighted by Crippen LogP contribution is -2.60. The van der Waals surface area contributed by atoms with E-state index in [1.807, 2.05) is 20.8 Å². The standard InChI is InChI=1S/C17H31F2N3O2/c1-16(2,3)24-15(23)21-11-12-6-9-22(10-7-12)13-5-4-8-17(18,19)14(13)20/h12-14H,4-11,20H2,1-3H3,(H,21,23)/t13-,14+/m0/s1. The molecular formula is C17H31F2N3O2. The lowest BCUT2D eigenvalue weighted by Gasteiger charge is -2.44. The highest BCUT2D eigenvalue weighted by Gasteiger charge is 2.46. The van der Waals surface area contributed by atoms with Gasteiger partial charge in [-0.1, -0.05) is 0 Å². The number of halogens is 2. The normalized spacial score (nSPS) is 29.2. The number of alkyl carbamates (subject to hydrolysis) is 1. The van der Waals surface area contributed by atoms with E-state index < -0.39 is 23.7 Å². The van der Waals surface area contributed by atoms with Gasteiger partial charge in [-0.2, -0.15) is 0 Å². The summed E-state index contributed by atoms with van der Waals surface area (Å²) in [7, 11) is 0. The Balaban J connectivity index is 1.74. The van der Waals surface area contributed by atoms with Gasteiger partial charge in [-0.05, 0) is 65.5 Å². The maximum Gasteiger partial charge on any atom is 0.407 e. The van der Waals surface area contributed by atoms with Crippen LogP contribution in [0.1, 0.15) is 52.9 Å². The predicted octanol–water partition coefficient (Wildman–Crippen LogP) is 2.74. The van der Waals surface area contributed by atoms with Gasteiger partial charge in [-0.25, -0.2) is 13.6 Å². The van der Waals surface area contributed by atoms with Crippen LogP contribution < -0.4 is 11.1 Å². The first kappa shape index (κ1) is 19.4. The smallest absolute Gasteiger partial charge is 0.407 e. The summed E-state index contributed by atoms with van der Waals surface area (Å²) in [5, 5.41) is 2.80. The number of carbonyl (C=O) groups excluding carboxylic acids is 1. The van der Waals surface area contributed by atoms with Gasteiger partial charge >= 0.3 is 6.09 Å². The van der Waals surface area contributed by atoms with Crippen LogP contribution in [0.5, 0.6) is 0 Å². The average molecular weight is 347 g/mol. The first-order valence-corrected chi connectivity index (χ1v) is 8.93. The third kappa shape index (κ3) is 5.28. The van der Waals surface area contributed by atoms with Crippen molar-refractivity contribution in [1.29, 1.82) is 0 Å². The Kier molecular flexibility index (Phi) is 6.07. The number of alkyl halides is 2. The minimum atomic E-state index is -2.75. The third-order valence-electron chi connectivity index (χ3n) is 4.96. The molecule has 0 aromatic carbocycles. The number of nitrogens with two attached hydrogens (primary N) is 1.